The molecular weight excluding hydrogens is 558 g/mol. The molecule has 4 aliphatic rings. The minimum atomic E-state index is -0.478. The zero-order chi connectivity index (χ0) is 26.1. The zero-order valence-corrected chi connectivity index (χ0v) is 22.8. The maximum absolute atomic E-state index is 13.3. The van der Waals surface area contributed by atoms with Crippen LogP contribution in [0, 0.1) is 16.0 Å². The fourth-order valence-corrected chi connectivity index (χ4v) is 8.80. The molecule has 0 unspecified atom stereocenters. The van der Waals surface area contributed by atoms with E-state index in [1.165, 1.54) is 6.07 Å². The summed E-state index contributed by atoms with van der Waals surface area (Å²) >= 11 is 5.00. The summed E-state index contributed by atoms with van der Waals surface area (Å²) in [6.45, 7) is 5.46. The molecule has 2 aromatic rings. The zero-order valence-electron chi connectivity index (χ0n) is 20.4. The van der Waals surface area contributed by atoms with Gasteiger partial charge in [-0.25, -0.2) is 0 Å². The van der Waals surface area contributed by atoms with Crippen LogP contribution in [0.4, 0.5) is 5.69 Å². The number of amides is 1. The molecule has 37 heavy (non-hydrogen) atoms. The van der Waals surface area contributed by atoms with Crippen molar-refractivity contribution < 1.29 is 19.6 Å². The van der Waals surface area contributed by atoms with Gasteiger partial charge in [-0.05, 0) is 66.2 Å². The van der Waals surface area contributed by atoms with Gasteiger partial charge in [0.1, 0.15) is 6.10 Å². The predicted octanol–water partition coefficient (Wildman–Crippen LogP) is 4.89. The largest absolute Gasteiger partial charge is 0.504 e. The summed E-state index contributed by atoms with van der Waals surface area (Å²) in [5.74, 6) is 0.296. The number of nitro benzene ring substituents is 1. The van der Waals surface area contributed by atoms with Crippen LogP contribution >= 0.6 is 27.3 Å². The molecule has 2 aliphatic heterocycles. The van der Waals surface area contributed by atoms with Crippen molar-refractivity contribution in [3.63, 3.8) is 0 Å². The molecule has 2 fully saturated rings. The van der Waals surface area contributed by atoms with Crippen LogP contribution in [0.3, 0.4) is 0 Å². The van der Waals surface area contributed by atoms with Gasteiger partial charge in [0.25, 0.3) is 5.69 Å². The van der Waals surface area contributed by atoms with Crippen molar-refractivity contribution in [1.29, 1.82) is 0 Å². The Morgan fingerprint density at radius 1 is 1.46 bits per heavy atom. The molecule has 3 heterocycles. The Kier molecular flexibility index (Phi) is 5.96. The van der Waals surface area contributed by atoms with E-state index in [9.17, 15) is 20.0 Å². The lowest BCUT2D eigenvalue weighted by Gasteiger charge is -2.60. The first-order valence-electron chi connectivity index (χ1n) is 12.5. The highest BCUT2D eigenvalue weighted by Crippen LogP contribution is 2.65. The molecule has 1 aromatic carbocycles. The van der Waals surface area contributed by atoms with Crippen LogP contribution in [0.15, 0.2) is 40.7 Å². The normalized spacial score (nSPS) is 29.6. The van der Waals surface area contributed by atoms with Crippen molar-refractivity contribution in [2.75, 3.05) is 20.1 Å². The van der Waals surface area contributed by atoms with E-state index in [-0.39, 0.29) is 41.4 Å². The molecule has 1 saturated heterocycles. The van der Waals surface area contributed by atoms with Gasteiger partial charge >= 0.3 is 0 Å². The van der Waals surface area contributed by atoms with Crippen molar-refractivity contribution in [3.05, 3.63) is 66.8 Å². The van der Waals surface area contributed by atoms with Crippen LogP contribution in [-0.4, -0.2) is 64.1 Å². The van der Waals surface area contributed by atoms with Gasteiger partial charge in [0, 0.05) is 57.0 Å². The molecule has 1 saturated carbocycles. The van der Waals surface area contributed by atoms with Crippen molar-refractivity contribution in [1.82, 2.24) is 9.80 Å². The van der Waals surface area contributed by atoms with Crippen molar-refractivity contribution >= 4 is 44.9 Å². The number of nitrogens with zero attached hydrogens (tertiary/aromatic N) is 3. The summed E-state index contributed by atoms with van der Waals surface area (Å²) in [5.41, 5.74) is 0.968. The molecule has 0 radical (unpaired) electrons. The van der Waals surface area contributed by atoms with Gasteiger partial charge in [-0.15, -0.1) is 17.9 Å². The lowest BCUT2D eigenvalue weighted by molar-refractivity contribution is -0.385. The first-order valence-corrected chi connectivity index (χ1v) is 14.2. The first kappa shape index (κ1) is 24.6. The quantitative estimate of drug-likeness (QED) is 0.224. The van der Waals surface area contributed by atoms with E-state index < -0.39 is 10.3 Å². The molecule has 5 atom stereocenters. The maximum atomic E-state index is 13.3. The first-order chi connectivity index (χ1) is 17.8. The number of piperidine rings is 1. The third kappa shape index (κ3) is 3.59. The minimum Gasteiger partial charge on any atom is -0.504 e. The van der Waals surface area contributed by atoms with E-state index in [1.807, 2.05) is 23.6 Å². The molecule has 8 nitrogen and oxygen atoms in total. The molecule has 2 bridgehead atoms. The van der Waals surface area contributed by atoms with E-state index in [1.54, 1.807) is 29.4 Å². The second-order valence-electron chi connectivity index (χ2n) is 10.4. The maximum Gasteiger partial charge on any atom is 0.276 e. The van der Waals surface area contributed by atoms with Crippen molar-refractivity contribution in [3.8, 4) is 11.5 Å². The van der Waals surface area contributed by atoms with Crippen LogP contribution in [-0.2, 0) is 16.6 Å². The van der Waals surface area contributed by atoms with Gasteiger partial charge in [-0.3, -0.25) is 19.8 Å². The number of halogens is 1. The SMILES string of the molecule is C=CCN1CC[C@]23c4c5c([N+](=O)[O-])cc(O)c4O[C@H]2[C@@H](N(C)C(=O)/C=C/c2cc(Br)cs2)CC[C@H]3[C@H]1C5. The second-order valence-corrected chi connectivity index (χ2v) is 12.3. The van der Waals surface area contributed by atoms with Gasteiger partial charge in [0.05, 0.1) is 17.0 Å². The predicted molar refractivity (Wildman–Crippen MR) is 145 cm³/mol. The topological polar surface area (TPSA) is 96.2 Å². The van der Waals surface area contributed by atoms with E-state index in [2.05, 4.69) is 27.4 Å². The summed E-state index contributed by atoms with van der Waals surface area (Å²) in [6, 6.07) is 3.11. The molecule has 1 amide bonds. The fraction of sp³-hybridized carbons (Fsp3) is 0.444. The number of phenols is 1. The number of aromatic hydroxyl groups is 1. The van der Waals surface area contributed by atoms with Gasteiger partial charge in [0.15, 0.2) is 11.5 Å². The number of benzene rings is 1. The number of rotatable bonds is 6. The van der Waals surface area contributed by atoms with Gasteiger partial charge in [0.2, 0.25) is 5.91 Å². The number of carbonyl (C=O) groups is 1. The highest BCUT2D eigenvalue weighted by atomic mass is 79.9. The molecule has 10 heteroatoms. The smallest absolute Gasteiger partial charge is 0.276 e. The molecular formula is C27H28BrN3O5S. The number of hydrogen-bond acceptors (Lipinski definition) is 7. The molecule has 1 spiro atoms. The Morgan fingerprint density at radius 2 is 2.27 bits per heavy atom. The van der Waals surface area contributed by atoms with Crippen LogP contribution in [0.5, 0.6) is 11.5 Å². The van der Waals surface area contributed by atoms with Gasteiger partial charge in [-0.1, -0.05) is 6.08 Å². The summed E-state index contributed by atoms with van der Waals surface area (Å²) < 4.78 is 7.53. The molecule has 2 aliphatic carbocycles. The Labute approximate surface area is 227 Å². The average molecular weight is 587 g/mol. The Bertz CT molecular complexity index is 1340. The van der Waals surface area contributed by atoms with E-state index in [0.717, 1.165) is 47.3 Å². The van der Waals surface area contributed by atoms with Crippen LogP contribution < -0.4 is 4.74 Å². The lowest BCUT2D eigenvalue weighted by Crippen LogP contribution is -2.68. The van der Waals surface area contributed by atoms with Crippen LogP contribution in [0.2, 0.25) is 0 Å². The number of nitro groups is 1. The number of thiophene rings is 1. The van der Waals surface area contributed by atoms with Crippen LogP contribution in [0.25, 0.3) is 6.08 Å². The van der Waals surface area contributed by atoms with E-state index in [4.69, 9.17) is 4.74 Å². The summed E-state index contributed by atoms with van der Waals surface area (Å²) in [5, 5.41) is 24.9. The summed E-state index contributed by atoms with van der Waals surface area (Å²) in [7, 11) is 1.81. The number of hydrogen-bond donors (Lipinski definition) is 1. The van der Waals surface area contributed by atoms with Crippen LogP contribution in [0.1, 0.15) is 35.3 Å². The van der Waals surface area contributed by atoms with Crippen molar-refractivity contribution in [2.24, 2.45) is 5.92 Å². The Hall–Kier alpha value is -2.69. The molecule has 6 rings (SSSR count). The lowest BCUT2D eigenvalue weighted by atomic mass is 9.50. The third-order valence-electron chi connectivity index (χ3n) is 8.89. The molecule has 194 valence electrons. The van der Waals surface area contributed by atoms with E-state index in [0.29, 0.717) is 17.7 Å². The number of likely N-dealkylation sites (N-methyl/N-ethyl adjacent to an activating group) is 1. The minimum absolute atomic E-state index is 0.0413. The molecule has 1 aromatic heterocycles. The third-order valence-corrected chi connectivity index (χ3v) is 10.5. The number of phenolic OH excluding ortho intramolecular Hbond substituents is 1. The van der Waals surface area contributed by atoms with Gasteiger partial charge in [-0.2, -0.15) is 0 Å². The van der Waals surface area contributed by atoms with Crippen molar-refractivity contribution in [2.45, 2.75) is 49.3 Å². The second kappa shape index (κ2) is 8.96. The number of likely N-dealkylation sites (tertiary alicyclic amines) is 1. The Morgan fingerprint density at radius 3 is 2.97 bits per heavy atom. The highest BCUT2D eigenvalue weighted by molar-refractivity contribution is 9.10. The fourth-order valence-electron chi connectivity index (χ4n) is 7.47. The number of ether oxygens (including phenoxy) is 1. The average Bonchev–Trinajstić information content (AvgIpc) is 3.45. The highest BCUT2D eigenvalue weighted by Gasteiger charge is 2.67. The molecule has 1 N–H and O–H groups in total. The standard InChI is InChI=1S/C27H28BrN3O5S/c1-3-9-30-10-8-27-18-5-6-19(29(2)23(33)7-4-16-11-15(28)14-37-16)26(27)36-25-22(32)13-20(31(34)35)17(24(25)27)12-21(18)30/h3-4,7,11,13-14,18-19,21,26,32H,1,5-6,8-10,12H2,2H3/b7-4+/t18-,19-,21+,26-,27-/m0/s1. The van der Waals surface area contributed by atoms with Gasteiger partial charge < -0.3 is 14.7 Å². The monoisotopic (exact) mass is 585 g/mol. The van der Waals surface area contributed by atoms with E-state index >= 15 is 0 Å². The summed E-state index contributed by atoms with van der Waals surface area (Å²) in [4.78, 5) is 30.1. The number of carbonyl (C=O) groups excluding carboxylic acids is 1. The summed E-state index contributed by atoms with van der Waals surface area (Å²) in [6.07, 6.45) is 7.88. The Balaban J connectivity index is 1.41.